The average Bonchev–Trinajstić information content (AvgIpc) is 2.98. The standard InChI is InChI=1S/C16H20N2O3/c1-20-13-7-4-6-12(9-13)16-17-15(21-18-16)10-11-5-2-3-8-14(11)19/h4,6-7,9,11,14,19H,2-3,5,8,10H2,1H3. The van der Waals surface area contributed by atoms with E-state index in [4.69, 9.17) is 9.26 Å². The molecule has 1 aromatic heterocycles. The second-order valence-corrected chi connectivity index (χ2v) is 5.56. The predicted molar refractivity (Wildman–Crippen MR) is 78.0 cm³/mol. The van der Waals surface area contributed by atoms with E-state index in [1.165, 1.54) is 6.42 Å². The van der Waals surface area contributed by atoms with E-state index in [0.29, 0.717) is 18.1 Å². The molecule has 1 saturated carbocycles. The van der Waals surface area contributed by atoms with Gasteiger partial charge in [-0.3, -0.25) is 0 Å². The first-order valence-electron chi connectivity index (χ1n) is 7.41. The first-order valence-corrected chi connectivity index (χ1v) is 7.41. The minimum Gasteiger partial charge on any atom is -0.497 e. The van der Waals surface area contributed by atoms with E-state index >= 15 is 0 Å². The summed E-state index contributed by atoms with van der Waals surface area (Å²) >= 11 is 0. The Morgan fingerprint density at radius 1 is 1.33 bits per heavy atom. The van der Waals surface area contributed by atoms with Crippen LogP contribution in [-0.4, -0.2) is 28.5 Å². The summed E-state index contributed by atoms with van der Waals surface area (Å²) in [6.07, 6.45) is 4.58. The minimum atomic E-state index is -0.245. The molecule has 112 valence electrons. The van der Waals surface area contributed by atoms with Gasteiger partial charge in [-0.05, 0) is 30.9 Å². The summed E-state index contributed by atoms with van der Waals surface area (Å²) in [4.78, 5) is 4.44. The molecular weight excluding hydrogens is 268 g/mol. The van der Waals surface area contributed by atoms with Crippen LogP contribution in [0.3, 0.4) is 0 Å². The Balaban J connectivity index is 1.73. The normalized spacial score (nSPS) is 22.2. The van der Waals surface area contributed by atoms with Gasteiger partial charge in [0.1, 0.15) is 5.75 Å². The lowest BCUT2D eigenvalue weighted by Gasteiger charge is -2.26. The second-order valence-electron chi connectivity index (χ2n) is 5.56. The third-order valence-corrected chi connectivity index (χ3v) is 4.10. The Bertz CT molecular complexity index is 597. The quantitative estimate of drug-likeness (QED) is 0.937. The number of nitrogens with zero attached hydrogens (tertiary/aromatic N) is 2. The van der Waals surface area contributed by atoms with Crippen molar-refractivity contribution in [2.24, 2.45) is 5.92 Å². The molecule has 1 aliphatic carbocycles. The Kier molecular flexibility index (Phi) is 4.20. The molecule has 0 radical (unpaired) electrons. The van der Waals surface area contributed by atoms with Crippen LogP contribution in [0.5, 0.6) is 5.75 Å². The topological polar surface area (TPSA) is 68.4 Å². The van der Waals surface area contributed by atoms with Crippen LogP contribution in [0.4, 0.5) is 0 Å². The smallest absolute Gasteiger partial charge is 0.227 e. The summed E-state index contributed by atoms with van der Waals surface area (Å²) in [5.74, 6) is 2.16. The zero-order chi connectivity index (χ0) is 14.7. The van der Waals surface area contributed by atoms with Gasteiger partial charge in [0, 0.05) is 12.0 Å². The molecule has 1 aromatic carbocycles. The Morgan fingerprint density at radius 3 is 3.00 bits per heavy atom. The third kappa shape index (κ3) is 3.24. The number of ether oxygens (including phenoxy) is 1. The summed E-state index contributed by atoms with van der Waals surface area (Å²) in [6.45, 7) is 0. The van der Waals surface area contributed by atoms with Gasteiger partial charge in [0.25, 0.3) is 0 Å². The van der Waals surface area contributed by atoms with Crippen molar-refractivity contribution in [1.82, 2.24) is 10.1 Å². The van der Waals surface area contributed by atoms with Gasteiger partial charge in [-0.25, -0.2) is 0 Å². The number of aliphatic hydroxyl groups is 1. The van der Waals surface area contributed by atoms with Crippen LogP contribution < -0.4 is 4.74 Å². The van der Waals surface area contributed by atoms with E-state index in [2.05, 4.69) is 10.1 Å². The lowest BCUT2D eigenvalue weighted by molar-refractivity contribution is 0.0657. The fraction of sp³-hybridized carbons (Fsp3) is 0.500. The van der Waals surface area contributed by atoms with E-state index < -0.39 is 0 Å². The summed E-state index contributed by atoms with van der Waals surface area (Å²) < 4.78 is 10.5. The van der Waals surface area contributed by atoms with Gasteiger partial charge in [-0.1, -0.05) is 30.1 Å². The Morgan fingerprint density at radius 2 is 2.19 bits per heavy atom. The fourth-order valence-electron chi connectivity index (χ4n) is 2.87. The van der Waals surface area contributed by atoms with E-state index in [0.717, 1.165) is 30.6 Å². The van der Waals surface area contributed by atoms with Crippen molar-refractivity contribution in [1.29, 1.82) is 0 Å². The van der Waals surface area contributed by atoms with Crippen molar-refractivity contribution >= 4 is 0 Å². The third-order valence-electron chi connectivity index (χ3n) is 4.10. The average molecular weight is 288 g/mol. The lowest BCUT2D eigenvalue weighted by Crippen LogP contribution is -2.26. The highest BCUT2D eigenvalue weighted by Gasteiger charge is 2.25. The van der Waals surface area contributed by atoms with E-state index in [9.17, 15) is 5.11 Å². The second kappa shape index (κ2) is 6.26. The molecule has 0 amide bonds. The highest BCUT2D eigenvalue weighted by atomic mass is 16.5. The number of aliphatic hydroxyl groups excluding tert-OH is 1. The van der Waals surface area contributed by atoms with Crippen molar-refractivity contribution in [3.8, 4) is 17.1 Å². The van der Waals surface area contributed by atoms with Crippen LogP contribution in [0.15, 0.2) is 28.8 Å². The van der Waals surface area contributed by atoms with Gasteiger partial charge < -0.3 is 14.4 Å². The maximum Gasteiger partial charge on any atom is 0.227 e. The van der Waals surface area contributed by atoms with Crippen molar-refractivity contribution in [2.75, 3.05) is 7.11 Å². The molecule has 0 saturated heterocycles. The van der Waals surface area contributed by atoms with Crippen molar-refractivity contribution in [3.63, 3.8) is 0 Å². The number of hydrogen-bond acceptors (Lipinski definition) is 5. The molecule has 3 rings (SSSR count). The van der Waals surface area contributed by atoms with Crippen LogP contribution in [0, 0.1) is 5.92 Å². The molecule has 5 heteroatoms. The van der Waals surface area contributed by atoms with Gasteiger partial charge in [0.05, 0.1) is 13.2 Å². The van der Waals surface area contributed by atoms with Crippen LogP contribution >= 0.6 is 0 Å². The zero-order valence-corrected chi connectivity index (χ0v) is 12.2. The first kappa shape index (κ1) is 14.1. The molecule has 2 atom stereocenters. The molecule has 1 heterocycles. The Hall–Kier alpha value is -1.88. The summed E-state index contributed by atoms with van der Waals surface area (Å²) in [6, 6.07) is 7.58. The van der Waals surface area contributed by atoms with Crippen molar-refractivity contribution in [2.45, 2.75) is 38.2 Å². The molecule has 1 aliphatic rings. The first-order chi connectivity index (χ1) is 10.3. The molecule has 0 spiro atoms. The molecule has 0 aliphatic heterocycles. The summed E-state index contributed by atoms with van der Waals surface area (Å²) in [5, 5.41) is 14.0. The molecular formula is C16H20N2O3. The lowest BCUT2D eigenvalue weighted by atomic mass is 9.84. The van der Waals surface area contributed by atoms with E-state index in [1.54, 1.807) is 7.11 Å². The molecule has 21 heavy (non-hydrogen) atoms. The summed E-state index contributed by atoms with van der Waals surface area (Å²) in [7, 11) is 1.63. The zero-order valence-electron chi connectivity index (χ0n) is 12.2. The monoisotopic (exact) mass is 288 g/mol. The number of rotatable bonds is 4. The van der Waals surface area contributed by atoms with Gasteiger partial charge in [-0.15, -0.1) is 0 Å². The molecule has 2 aromatic rings. The molecule has 5 nitrogen and oxygen atoms in total. The highest BCUT2D eigenvalue weighted by Crippen LogP contribution is 2.28. The highest BCUT2D eigenvalue weighted by molar-refractivity contribution is 5.56. The number of benzene rings is 1. The largest absolute Gasteiger partial charge is 0.497 e. The van der Waals surface area contributed by atoms with Crippen LogP contribution in [-0.2, 0) is 6.42 Å². The fourth-order valence-corrected chi connectivity index (χ4v) is 2.87. The van der Waals surface area contributed by atoms with Crippen LogP contribution in [0.25, 0.3) is 11.4 Å². The number of hydrogen-bond donors (Lipinski definition) is 1. The van der Waals surface area contributed by atoms with Gasteiger partial charge >= 0.3 is 0 Å². The maximum atomic E-state index is 10.0. The molecule has 1 fully saturated rings. The van der Waals surface area contributed by atoms with Gasteiger partial charge in [0.15, 0.2) is 0 Å². The maximum absolute atomic E-state index is 10.0. The van der Waals surface area contributed by atoms with E-state index in [-0.39, 0.29) is 12.0 Å². The Labute approximate surface area is 123 Å². The van der Waals surface area contributed by atoms with Crippen LogP contribution in [0.1, 0.15) is 31.6 Å². The number of aromatic nitrogens is 2. The minimum absolute atomic E-state index is 0.234. The van der Waals surface area contributed by atoms with Gasteiger partial charge in [-0.2, -0.15) is 4.98 Å². The number of methoxy groups -OCH3 is 1. The molecule has 0 bridgehead atoms. The van der Waals surface area contributed by atoms with E-state index in [1.807, 2.05) is 24.3 Å². The van der Waals surface area contributed by atoms with Crippen LogP contribution in [0.2, 0.25) is 0 Å². The summed E-state index contributed by atoms with van der Waals surface area (Å²) in [5.41, 5.74) is 0.869. The predicted octanol–water partition coefficient (Wildman–Crippen LogP) is 2.84. The van der Waals surface area contributed by atoms with Crippen molar-refractivity contribution in [3.05, 3.63) is 30.2 Å². The SMILES string of the molecule is COc1cccc(-c2noc(CC3CCCCC3O)n2)c1. The van der Waals surface area contributed by atoms with Gasteiger partial charge in [0.2, 0.25) is 11.7 Å². The van der Waals surface area contributed by atoms with Crippen molar-refractivity contribution < 1.29 is 14.4 Å². The molecule has 1 N–H and O–H groups in total. The molecule has 2 unspecified atom stereocenters.